The van der Waals surface area contributed by atoms with Crippen molar-refractivity contribution in [2.75, 3.05) is 5.73 Å². The highest BCUT2D eigenvalue weighted by Gasteiger charge is 2.31. The van der Waals surface area contributed by atoms with Gasteiger partial charge in [0.15, 0.2) is 0 Å². The van der Waals surface area contributed by atoms with Gasteiger partial charge in [0.05, 0.1) is 5.69 Å². The topological polar surface area (TPSA) is 43.8 Å². The molecule has 1 unspecified atom stereocenters. The number of anilines is 1. The first-order valence-electron chi connectivity index (χ1n) is 7.54. The second-order valence-corrected chi connectivity index (χ2v) is 5.71. The largest absolute Gasteiger partial charge is 0.384 e. The molecule has 3 heteroatoms. The van der Waals surface area contributed by atoms with Crippen LogP contribution in [0.5, 0.6) is 0 Å². The summed E-state index contributed by atoms with van der Waals surface area (Å²) < 4.78 is 2.29. The molecule has 3 nitrogen and oxygen atoms in total. The SMILES string of the molecule is CCCCn1c(C2CC2)nc(C(C)CCC)c1N. The maximum absolute atomic E-state index is 6.34. The normalized spacial score (nSPS) is 17.1. The zero-order chi connectivity index (χ0) is 13.1. The third-order valence-electron chi connectivity index (χ3n) is 3.93. The first-order valence-corrected chi connectivity index (χ1v) is 7.54. The molecule has 1 heterocycles. The van der Waals surface area contributed by atoms with Gasteiger partial charge in [-0.3, -0.25) is 0 Å². The zero-order valence-electron chi connectivity index (χ0n) is 12.1. The van der Waals surface area contributed by atoms with Crippen LogP contribution in [-0.4, -0.2) is 9.55 Å². The smallest absolute Gasteiger partial charge is 0.127 e. The molecule has 0 spiro atoms. The molecule has 2 rings (SSSR count). The molecule has 1 aliphatic rings. The average Bonchev–Trinajstić information content (AvgIpc) is 3.13. The van der Waals surface area contributed by atoms with Crippen molar-refractivity contribution in [3.8, 4) is 0 Å². The Kier molecular flexibility index (Phi) is 4.31. The van der Waals surface area contributed by atoms with Gasteiger partial charge < -0.3 is 10.3 Å². The monoisotopic (exact) mass is 249 g/mol. The summed E-state index contributed by atoms with van der Waals surface area (Å²) in [5, 5.41) is 0. The lowest BCUT2D eigenvalue weighted by Crippen LogP contribution is -2.07. The van der Waals surface area contributed by atoms with Crippen LogP contribution in [0.2, 0.25) is 0 Å². The molecule has 2 N–H and O–H groups in total. The van der Waals surface area contributed by atoms with Crippen LogP contribution in [0.25, 0.3) is 0 Å². The molecule has 0 aliphatic heterocycles. The summed E-state index contributed by atoms with van der Waals surface area (Å²) in [5.41, 5.74) is 7.49. The predicted molar refractivity (Wildman–Crippen MR) is 76.8 cm³/mol. The van der Waals surface area contributed by atoms with Gasteiger partial charge in [-0.1, -0.05) is 33.6 Å². The second kappa shape index (κ2) is 5.77. The van der Waals surface area contributed by atoms with E-state index >= 15 is 0 Å². The van der Waals surface area contributed by atoms with Crippen LogP contribution in [0.4, 0.5) is 5.82 Å². The first kappa shape index (κ1) is 13.4. The van der Waals surface area contributed by atoms with E-state index in [1.165, 1.54) is 44.3 Å². The van der Waals surface area contributed by atoms with Crippen molar-refractivity contribution < 1.29 is 0 Å². The average molecular weight is 249 g/mol. The number of aromatic nitrogens is 2. The highest BCUT2D eigenvalue weighted by atomic mass is 15.2. The summed E-state index contributed by atoms with van der Waals surface area (Å²) in [5.74, 6) is 3.38. The van der Waals surface area contributed by atoms with Crippen molar-refractivity contribution in [3.63, 3.8) is 0 Å². The molecule has 0 radical (unpaired) electrons. The molecule has 1 saturated carbocycles. The van der Waals surface area contributed by atoms with Crippen molar-refractivity contribution >= 4 is 5.82 Å². The standard InChI is InChI=1S/C15H27N3/c1-4-6-10-18-14(16)13(11(3)7-5-2)17-15(18)12-8-9-12/h11-12H,4-10,16H2,1-3H3. The van der Waals surface area contributed by atoms with E-state index in [2.05, 4.69) is 25.3 Å². The number of imidazole rings is 1. The molecule has 0 saturated heterocycles. The Bertz CT molecular complexity index is 391. The number of nitrogen functional groups attached to an aromatic ring is 1. The van der Waals surface area contributed by atoms with Crippen LogP contribution in [0.1, 0.15) is 82.7 Å². The lowest BCUT2D eigenvalue weighted by Gasteiger charge is -2.10. The molecule has 0 amide bonds. The predicted octanol–water partition coefficient (Wildman–Crippen LogP) is 4.05. The van der Waals surface area contributed by atoms with E-state index in [9.17, 15) is 0 Å². The zero-order valence-corrected chi connectivity index (χ0v) is 12.1. The van der Waals surface area contributed by atoms with Gasteiger partial charge in [-0.15, -0.1) is 0 Å². The Balaban J connectivity index is 2.25. The summed E-state index contributed by atoms with van der Waals surface area (Å²) in [6, 6.07) is 0. The molecule has 1 aliphatic carbocycles. The minimum absolute atomic E-state index is 0.496. The molecule has 102 valence electrons. The van der Waals surface area contributed by atoms with Gasteiger partial charge in [-0.25, -0.2) is 4.98 Å². The third-order valence-corrected chi connectivity index (χ3v) is 3.93. The number of hydrogen-bond acceptors (Lipinski definition) is 2. The first-order chi connectivity index (χ1) is 8.69. The fourth-order valence-electron chi connectivity index (χ4n) is 2.64. The number of rotatable bonds is 7. The van der Waals surface area contributed by atoms with E-state index in [4.69, 9.17) is 10.7 Å². The Morgan fingerprint density at radius 3 is 2.61 bits per heavy atom. The number of nitrogens with two attached hydrogens (primary N) is 1. The maximum Gasteiger partial charge on any atom is 0.127 e. The molecule has 1 aromatic heterocycles. The van der Waals surface area contributed by atoms with Crippen molar-refractivity contribution in [1.82, 2.24) is 9.55 Å². The van der Waals surface area contributed by atoms with Gasteiger partial charge >= 0.3 is 0 Å². The van der Waals surface area contributed by atoms with Crippen molar-refractivity contribution in [1.29, 1.82) is 0 Å². The maximum atomic E-state index is 6.34. The van der Waals surface area contributed by atoms with E-state index in [-0.39, 0.29) is 0 Å². The molecular weight excluding hydrogens is 222 g/mol. The highest BCUT2D eigenvalue weighted by molar-refractivity contribution is 5.41. The fourth-order valence-corrected chi connectivity index (χ4v) is 2.64. The molecule has 18 heavy (non-hydrogen) atoms. The van der Waals surface area contributed by atoms with E-state index < -0.39 is 0 Å². The molecule has 1 aromatic rings. The number of hydrogen-bond donors (Lipinski definition) is 1. The molecule has 1 fully saturated rings. The van der Waals surface area contributed by atoms with Gasteiger partial charge in [0, 0.05) is 18.4 Å². The highest BCUT2D eigenvalue weighted by Crippen LogP contribution is 2.42. The van der Waals surface area contributed by atoms with E-state index in [0.717, 1.165) is 18.1 Å². The summed E-state index contributed by atoms with van der Waals surface area (Å²) in [4.78, 5) is 4.88. The summed E-state index contributed by atoms with van der Waals surface area (Å²) in [6.07, 6.45) is 7.37. The summed E-state index contributed by atoms with van der Waals surface area (Å²) >= 11 is 0. The molecule has 1 atom stereocenters. The second-order valence-electron chi connectivity index (χ2n) is 5.71. The third kappa shape index (κ3) is 2.70. The van der Waals surface area contributed by atoms with Gasteiger partial charge in [0.2, 0.25) is 0 Å². The van der Waals surface area contributed by atoms with Crippen LogP contribution in [0.15, 0.2) is 0 Å². The van der Waals surface area contributed by atoms with E-state index in [0.29, 0.717) is 11.8 Å². The van der Waals surface area contributed by atoms with Gasteiger partial charge in [0.1, 0.15) is 11.6 Å². The summed E-state index contributed by atoms with van der Waals surface area (Å²) in [6.45, 7) is 7.75. The lowest BCUT2D eigenvalue weighted by molar-refractivity contribution is 0.609. The van der Waals surface area contributed by atoms with Crippen molar-refractivity contribution in [3.05, 3.63) is 11.5 Å². The van der Waals surface area contributed by atoms with Crippen LogP contribution >= 0.6 is 0 Å². The van der Waals surface area contributed by atoms with Crippen LogP contribution in [-0.2, 0) is 6.54 Å². The van der Waals surface area contributed by atoms with Crippen LogP contribution in [0.3, 0.4) is 0 Å². The minimum atomic E-state index is 0.496. The molecule has 0 aromatic carbocycles. The Hall–Kier alpha value is -0.990. The van der Waals surface area contributed by atoms with Crippen molar-refractivity contribution in [2.24, 2.45) is 0 Å². The summed E-state index contributed by atoms with van der Waals surface area (Å²) in [7, 11) is 0. The van der Waals surface area contributed by atoms with E-state index in [1.807, 2.05) is 0 Å². The van der Waals surface area contributed by atoms with Crippen molar-refractivity contribution in [2.45, 2.75) is 77.7 Å². The van der Waals surface area contributed by atoms with Gasteiger partial charge in [-0.2, -0.15) is 0 Å². The Morgan fingerprint density at radius 1 is 1.33 bits per heavy atom. The van der Waals surface area contributed by atoms with Gasteiger partial charge in [-0.05, 0) is 25.7 Å². The minimum Gasteiger partial charge on any atom is -0.384 e. The van der Waals surface area contributed by atoms with Gasteiger partial charge in [0.25, 0.3) is 0 Å². The Labute approximate surface area is 111 Å². The lowest BCUT2D eigenvalue weighted by atomic mass is 10.0. The molecular formula is C15H27N3. The quantitative estimate of drug-likeness (QED) is 0.792. The Morgan fingerprint density at radius 2 is 2.06 bits per heavy atom. The van der Waals surface area contributed by atoms with Crippen LogP contribution in [0, 0.1) is 0 Å². The number of nitrogens with zero attached hydrogens (tertiary/aromatic N) is 2. The van der Waals surface area contributed by atoms with Crippen LogP contribution < -0.4 is 5.73 Å². The fraction of sp³-hybridized carbons (Fsp3) is 0.800. The molecule has 0 bridgehead atoms. The van der Waals surface area contributed by atoms with E-state index in [1.54, 1.807) is 0 Å². The number of unbranched alkanes of at least 4 members (excludes halogenated alkanes) is 1.